The number of carbonyl (C=O) groups excluding carboxylic acids is 2. The lowest BCUT2D eigenvalue weighted by atomic mass is 9.75. The monoisotopic (exact) mass is 553 g/mol. The Kier molecular flexibility index (Phi) is 9.60. The van der Waals surface area contributed by atoms with Gasteiger partial charge in [0.05, 0.1) is 35.7 Å². The van der Waals surface area contributed by atoms with Crippen molar-refractivity contribution in [2.45, 2.75) is 96.6 Å². The van der Waals surface area contributed by atoms with Crippen LogP contribution in [0.3, 0.4) is 0 Å². The van der Waals surface area contributed by atoms with E-state index in [1.807, 2.05) is 0 Å². The number of unbranched alkanes of at least 4 members (excludes halogenated alkanes) is 3. The molecule has 3 N–H and O–H groups in total. The molecule has 0 saturated heterocycles. The number of methoxy groups -OCH3 is 1. The third-order valence-electron chi connectivity index (χ3n) is 9.36. The van der Waals surface area contributed by atoms with E-state index in [9.17, 15) is 24.8 Å². The van der Waals surface area contributed by atoms with Crippen molar-refractivity contribution in [3.8, 4) is 17.6 Å². The lowest BCUT2D eigenvalue weighted by Crippen LogP contribution is -2.50. The standard InChI is InChI=1S/C31H43N3O6/c1-4-5-6-7-14-33-29(36)26-19-8-9-20(15-19)27(26)34-28(35)23-17-24(21(18-32)16-25(23)39-3)40-22-10-12-31(2,13-11-22)30(37)38/h16-17,19-20,22,26-27H,4-15H2,1-3H3,(H,33,36)(H,34,35)(H,37,38). The number of carboxylic acid groups (broad SMARTS) is 1. The van der Waals surface area contributed by atoms with Gasteiger partial charge in [0.15, 0.2) is 0 Å². The molecule has 3 saturated carbocycles. The maximum atomic E-state index is 13.6. The first kappa shape index (κ1) is 29.7. The lowest BCUT2D eigenvalue weighted by molar-refractivity contribution is -0.150. The Labute approximate surface area is 237 Å². The second-order valence-corrected chi connectivity index (χ2v) is 12.1. The van der Waals surface area contributed by atoms with E-state index in [2.05, 4.69) is 23.6 Å². The Balaban J connectivity index is 1.47. The Hall–Kier alpha value is -3.28. The van der Waals surface area contributed by atoms with E-state index < -0.39 is 11.4 Å². The Morgan fingerprint density at radius 3 is 2.45 bits per heavy atom. The number of hydrogen-bond acceptors (Lipinski definition) is 6. The quantitative estimate of drug-likeness (QED) is 0.316. The van der Waals surface area contributed by atoms with Gasteiger partial charge >= 0.3 is 5.97 Å². The van der Waals surface area contributed by atoms with Crippen molar-refractivity contribution in [2.75, 3.05) is 13.7 Å². The van der Waals surface area contributed by atoms with Crippen molar-refractivity contribution in [3.05, 3.63) is 23.3 Å². The van der Waals surface area contributed by atoms with Crippen molar-refractivity contribution in [1.29, 1.82) is 5.26 Å². The summed E-state index contributed by atoms with van der Waals surface area (Å²) in [5, 5.41) is 25.5. The van der Waals surface area contributed by atoms with Crippen LogP contribution in [-0.2, 0) is 9.59 Å². The first-order chi connectivity index (χ1) is 19.2. The molecule has 218 valence electrons. The zero-order valence-electron chi connectivity index (χ0n) is 24.0. The molecule has 3 aliphatic rings. The Morgan fingerprint density at radius 2 is 1.80 bits per heavy atom. The lowest BCUT2D eigenvalue weighted by Gasteiger charge is -2.34. The van der Waals surface area contributed by atoms with E-state index in [-0.39, 0.29) is 64.3 Å². The average Bonchev–Trinajstić information content (AvgIpc) is 3.56. The number of ether oxygens (including phenoxy) is 2. The van der Waals surface area contributed by atoms with Crippen molar-refractivity contribution in [1.82, 2.24) is 10.6 Å². The second kappa shape index (κ2) is 12.9. The largest absolute Gasteiger partial charge is 0.496 e. The first-order valence-corrected chi connectivity index (χ1v) is 14.8. The van der Waals surface area contributed by atoms with Crippen LogP contribution in [0.2, 0.25) is 0 Å². The molecule has 3 fully saturated rings. The number of hydrogen-bond donors (Lipinski definition) is 3. The number of amides is 2. The van der Waals surface area contributed by atoms with Crippen molar-refractivity contribution in [2.24, 2.45) is 23.2 Å². The van der Waals surface area contributed by atoms with Crippen LogP contribution < -0.4 is 20.1 Å². The molecule has 2 bridgehead atoms. The summed E-state index contributed by atoms with van der Waals surface area (Å²) in [6.45, 7) is 4.56. The van der Waals surface area contributed by atoms with E-state index in [1.165, 1.54) is 13.2 Å². The summed E-state index contributed by atoms with van der Waals surface area (Å²) in [5.74, 6) is -0.306. The SMILES string of the molecule is CCCCCCNC(=O)C1C2CCC(C2)C1NC(=O)c1cc(OC2CCC(C)(C(=O)O)CC2)c(C#N)cc1OC. The van der Waals surface area contributed by atoms with Crippen LogP contribution in [0.4, 0.5) is 0 Å². The molecule has 4 atom stereocenters. The fourth-order valence-corrected chi connectivity index (χ4v) is 6.82. The van der Waals surface area contributed by atoms with Crippen LogP contribution in [0.1, 0.15) is 100 Å². The molecule has 3 aliphatic carbocycles. The summed E-state index contributed by atoms with van der Waals surface area (Å²) in [6, 6.07) is 4.93. The normalized spacial score (nSPS) is 28.9. The Morgan fingerprint density at radius 1 is 1.07 bits per heavy atom. The van der Waals surface area contributed by atoms with Crippen LogP contribution in [0, 0.1) is 34.5 Å². The maximum absolute atomic E-state index is 13.6. The predicted molar refractivity (Wildman–Crippen MR) is 149 cm³/mol. The number of benzene rings is 1. The van der Waals surface area contributed by atoms with Gasteiger partial charge in [-0.3, -0.25) is 14.4 Å². The van der Waals surface area contributed by atoms with Gasteiger partial charge in [0.2, 0.25) is 5.91 Å². The van der Waals surface area contributed by atoms with Gasteiger partial charge in [-0.1, -0.05) is 26.2 Å². The number of nitriles is 1. The summed E-state index contributed by atoms with van der Waals surface area (Å²) in [6.07, 6.45) is 9.08. The summed E-state index contributed by atoms with van der Waals surface area (Å²) in [7, 11) is 1.45. The van der Waals surface area contributed by atoms with Crippen molar-refractivity contribution < 1.29 is 29.0 Å². The van der Waals surface area contributed by atoms with Gasteiger partial charge in [-0.2, -0.15) is 5.26 Å². The fraction of sp³-hybridized carbons (Fsp3) is 0.677. The molecule has 0 heterocycles. The topological polar surface area (TPSA) is 138 Å². The van der Waals surface area contributed by atoms with E-state index in [0.717, 1.165) is 44.9 Å². The zero-order valence-corrected chi connectivity index (χ0v) is 24.0. The highest BCUT2D eigenvalue weighted by Gasteiger charge is 2.51. The summed E-state index contributed by atoms with van der Waals surface area (Å²) < 4.78 is 11.7. The number of rotatable bonds is 12. The van der Waals surface area contributed by atoms with Gasteiger partial charge in [-0.15, -0.1) is 0 Å². The average molecular weight is 554 g/mol. The number of nitrogens with zero attached hydrogens (tertiary/aromatic N) is 1. The molecule has 1 aromatic carbocycles. The van der Waals surface area contributed by atoms with Crippen molar-refractivity contribution >= 4 is 17.8 Å². The third kappa shape index (κ3) is 6.37. The molecule has 9 heteroatoms. The molecule has 9 nitrogen and oxygen atoms in total. The van der Waals surface area contributed by atoms with Crippen molar-refractivity contribution in [3.63, 3.8) is 0 Å². The summed E-state index contributed by atoms with van der Waals surface area (Å²) >= 11 is 0. The van der Waals surface area contributed by atoms with Gasteiger partial charge in [0.1, 0.15) is 17.6 Å². The summed E-state index contributed by atoms with van der Waals surface area (Å²) in [4.78, 5) is 38.4. The van der Waals surface area contributed by atoms with Crippen LogP contribution in [0.15, 0.2) is 12.1 Å². The molecule has 0 radical (unpaired) electrons. The van der Waals surface area contributed by atoms with E-state index >= 15 is 0 Å². The highest BCUT2D eigenvalue weighted by molar-refractivity contribution is 5.98. The number of carboxylic acids is 1. The number of carbonyl (C=O) groups is 3. The van der Waals surface area contributed by atoms with Gasteiger partial charge in [0.25, 0.3) is 5.91 Å². The van der Waals surface area contributed by atoms with Gasteiger partial charge in [0, 0.05) is 18.7 Å². The minimum Gasteiger partial charge on any atom is -0.496 e. The van der Waals surface area contributed by atoms with E-state index in [1.54, 1.807) is 13.0 Å². The molecule has 0 spiro atoms. The molecule has 2 amide bonds. The third-order valence-corrected chi connectivity index (χ3v) is 9.36. The molecule has 0 aromatic heterocycles. The Bertz CT molecular complexity index is 1140. The van der Waals surface area contributed by atoms with Crippen LogP contribution in [-0.4, -0.2) is 48.7 Å². The van der Waals surface area contributed by atoms with Crippen LogP contribution in [0.25, 0.3) is 0 Å². The number of fused-ring (bicyclic) bond motifs is 2. The van der Waals surface area contributed by atoms with Gasteiger partial charge in [-0.25, -0.2) is 0 Å². The smallest absolute Gasteiger partial charge is 0.309 e. The second-order valence-electron chi connectivity index (χ2n) is 12.1. The van der Waals surface area contributed by atoms with E-state index in [4.69, 9.17) is 9.47 Å². The fourth-order valence-electron chi connectivity index (χ4n) is 6.82. The molecule has 4 unspecified atom stereocenters. The molecule has 40 heavy (non-hydrogen) atoms. The van der Waals surface area contributed by atoms with Crippen LogP contribution in [0.5, 0.6) is 11.5 Å². The highest BCUT2D eigenvalue weighted by atomic mass is 16.5. The number of aliphatic carboxylic acids is 1. The molecule has 1 aromatic rings. The first-order valence-electron chi connectivity index (χ1n) is 14.8. The van der Waals surface area contributed by atoms with E-state index in [0.29, 0.717) is 32.2 Å². The minimum atomic E-state index is -0.809. The molecule has 0 aliphatic heterocycles. The molecule has 4 rings (SSSR count). The predicted octanol–water partition coefficient (Wildman–Crippen LogP) is 4.82. The molecular formula is C31H43N3O6. The number of nitrogens with one attached hydrogen (secondary N) is 2. The maximum Gasteiger partial charge on any atom is 0.309 e. The van der Waals surface area contributed by atoms with Gasteiger partial charge in [-0.05, 0) is 76.2 Å². The van der Waals surface area contributed by atoms with Gasteiger partial charge < -0.3 is 25.2 Å². The zero-order chi connectivity index (χ0) is 28.9. The minimum absolute atomic E-state index is 0.0236. The highest BCUT2D eigenvalue weighted by Crippen LogP contribution is 2.49. The molecular weight excluding hydrogens is 510 g/mol. The van der Waals surface area contributed by atoms with Crippen LogP contribution >= 0.6 is 0 Å². The summed E-state index contributed by atoms with van der Waals surface area (Å²) in [5.41, 5.74) is -0.272.